The Morgan fingerprint density at radius 2 is 1.86 bits per heavy atom. The third-order valence-corrected chi connectivity index (χ3v) is 4.93. The van der Waals surface area contributed by atoms with Gasteiger partial charge >= 0.3 is 0 Å². The summed E-state index contributed by atoms with van der Waals surface area (Å²) in [5.74, 6) is 0.331. The van der Waals surface area contributed by atoms with Crippen LogP contribution in [0.25, 0.3) is 28.3 Å². The van der Waals surface area contributed by atoms with Gasteiger partial charge in [0.05, 0.1) is 17.1 Å². The lowest BCUT2D eigenvalue weighted by Gasteiger charge is -2.08. The molecule has 0 aliphatic rings. The van der Waals surface area contributed by atoms with Crippen molar-refractivity contribution in [2.45, 2.75) is 33.1 Å². The Labute approximate surface area is 169 Å². The van der Waals surface area contributed by atoms with E-state index in [0.717, 1.165) is 54.1 Å². The van der Waals surface area contributed by atoms with E-state index in [2.05, 4.69) is 36.3 Å². The van der Waals surface area contributed by atoms with Gasteiger partial charge in [-0.25, -0.2) is 19.3 Å². The number of anilines is 1. The summed E-state index contributed by atoms with van der Waals surface area (Å²) in [6.45, 7) is 5.10. The minimum Gasteiger partial charge on any atom is -0.354 e. The van der Waals surface area contributed by atoms with E-state index in [0.29, 0.717) is 5.95 Å². The van der Waals surface area contributed by atoms with Crippen LogP contribution >= 0.6 is 0 Å². The number of imidazole rings is 1. The predicted octanol–water partition coefficient (Wildman–Crippen LogP) is 5.37. The van der Waals surface area contributed by atoms with Crippen LogP contribution in [-0.4, -0.2) is 25.9 Å². The van der Waals surface area contributed by atoms with Gasteiger partial charge in [-0.2, -0.15) is 0 Å². The molecule has 0 radical (unpaired) electrons. The highest BCUT2D eigenvalue weighted by atomic mass is 19.1. The van der Waals surface area contributed by atoms with Crippen LogP contribution in [0, 0.1) is 5.82 Å². The number of halogens is 1. The van der Waals surface area contributed by atoms with Crippen LogP contribution in [0.3, 0.4) is 0 Å². The van der Waals surface area contributed by atoms with Crippen molar-refractivity contribution in [1.82, 2.24) is 19.4 Å². The second-order valence-corrected chi connectivity index (χ2v) is 6.98. The summed E-state index contributed by atoms with van der Waals surface area (Å²) >= 11 is 0. The number of benzene rings is 1. The minimum absolute atomic E-state index is 0.267. The molecule has 1 aromatic carbocycles. The fraction of sp³-hybridized carbons (Fsp3) is 0.261. The van der Waals surface area contributed by atoms with Crippen molar-refractivity contribution in [3.8, 4) is 22.6 Å². The van der Waals surface area contributed by atoms with Crippen molar-refractivity contribution in [2.24, 2.45) is 0 Å². The summed E-state index contributed by atoms with van der Waals surface area (Å²) in [5.41, 5.74) is 5.33. The molecule has 4 aromatic rings. The number of fused-ring (bicyclic) bond motifs is 1. The Morgan fingerprint density at radius 3 is 2.62 bits per heavy atom. The molecule has 0 saturated heterocycles. The van der Waals surface area contributed by atoms with Gasteiger partial charge in [0.2, 0.25) is 5.95 Å². The third-order valence-electron chi connectivity index (χ3n) is 4.93. The Bertz CT molecular complexity index is 1120. The van der Waals surface area contributed by atoms with Gasteiger partial charge in [0.15, 0.2) is 0 Å². The summed E-state index contributed by atoms with van der Waals surface area (Å²) < 4.78 is 15.5. The molecule has 0 bridgehead atoms. The molecular weight excluding hydrogens is 365 g/mol. The average Bonchev–Trinajstić information content (AvgIpc) is 3.13. The van der Waals surface area contributed by atoms with Gasteiger partial charge in [-0.15, -0.1) is 0 Å². The van der Waals surface area contributed by atoms with Crippen LogP contribution < -0.4 is 5.32 Å². The van der Waals surface area contributed by atoms with E-state index < -0.39 is 0 Å². The molecule has 0 amide bonds. The lowest BCUT2D eigenvalue weighted by molar-refractivity contribution is 0.628. The topological polar surface area (TPSA) is 55.1 Å². The van der Waals surface area contributed by atoms with Gasteiger partial charge < -0.3 is 5.32 Å². The van der Waals surface area contributed by atoms with Gasteiger partial charge in [-0.1, -0.05) is 20.3 Å². The molecule has 0 aliphatic heterocycles. The van der Waals surface area contributed by atoms with Gasteiger partial charge in [-0.05, 0) is 60.9 Å². The Balaban J connectivity index is 1.86. The molecule has 0 unspecified atom stereocenters. The van der Waals surface area contributed by atoms with E-state index in [-0.39, 0.29) is 5.82 Å². The number of hydrogen-bond donors (Lipinski definition) is 1. The molecule has 148 valence electrons. The lowest BCUT2D eigenvalue weighted by Crippen LogP contribution is -2.05. The maximum absolute atomic E-state index is 13.5. The standard InChI is InChI=1S/C23H24FN5/c1-3-5-12-25-23-26-13-10-19(27-23)22-21(17-6-8-18(24)9-7-17)28-20-15-16(4-2)11-14-29(20)22/h6-11,13-15H,3-5,12H2,1-2H3,(H,25,26,27). The van der Waals surface area contributed by atoms with Gasteiger partial charge in [0, 0.05) is 24.5 Å². The van der Waals surface area contributed by atoms with E-state index in [1.54, 1.807) is 18.3 Å². The summed E-state index contributed by atoms with van der Waals surface area (Å²) in [6.07, 6.45) is 6.88. The number of aromatic nitrogens is 4. The van der Waals surface area contributed by atoms with Crippen LogP contribution in [0.15, 0.2) is 54.9 Å². The molecule has 5 nitrogen and oxygen atoms in total. The van der Waals surface area contributed by atoms with Crippen LogP contribution in [0.4, 0.5) is 10.3 Å². The molecule has 0 aliphatic carbocycles. The van der Waals surface area contributed by atoms with Gasteiger partial charge in [0.1, 0.15) is 11.5 Å². The van der Waals surface area contributed by atoms with Crippen LogP contribution in [0.2, 0.25) is 0 Å². The number of nitrogens with one attached hydrogen (secondary N) is 1. The van der Waals surface area contributed by atoms with Gasteiger partial charge in [0.25, 0.3) is 0 Å². The first kappa shape index (κ1) is 19.1. The normalized spacial score (nSPS) is 11.1. The Kier molecular flexibility index (Phi) is 5.51. The number of hydrogen-bond acceptors (Lipinski definition) is 4. The quantitative estimate of drug-likeness (QED) is 0.432. The number of unbranched alkanes of at least 4 members (excludes halogenated alkanes) is 1. The zero-order valence-electron chi connectivity index (χ0n) is 16.7. The number of nitrogens with zero attached hydrogens (tertiary/aromatic N) is 4. The fourth-order valence-corrected chi connectivity index (χ4v) is 3.31. The van der Waals surface area contributed by atoms with Crippen LogP contribution in [-0.2, 0) is 6.42 Å². The van der Waals surface area contributed by atoms with Crippen molar-refractivity contribution in [3.05, 3.63) is 66.2 Å². The second-order valence-electron chi connectivity index (χ2n) is 6.98. The summed E-state index contributed by atoms with van der Waals surface area (Å²) in [6, 6.07) is 12.5. The largest absolute Gasteiger partial charge is 0.354 e. The first-order valence-corrected chi connectivity index (χ1v) is 10.0. The zero-order chi connectivity index (χ0) is 20.2. The molecule has 4 rings (SSSR count). The van der Waals surface area contributed by atoms with Crippen molar-refractivity contribution < 1.29 is 4.39 Å². The van der Waals surface area contributed by atoms with E-state index >= 15 is 0 Å². The van der Waals surface area contributed by atoms with E-state index in [9.17, 15) is 4.39 Å². The molecule has 3 heterocycles. The van der Waals surface area contributed by atoms with Crippen molar-refractivity contribution in [3.63, 3.8) is 0 Å². The Morgan fingerprint density at radius 1 is 1.03 bits per heavy atom. The molecule has 0 fully saturated rings. The SMILES string of the molecule is CCCCNc1nccc(-c2c(-c3ccc(F)cc3)nc3cc(CC)ccn23)n1. The highest BCUT2D eigenvalue weighted by Crippen LogP contribution is 2.32. The first-order valence-electron chi connectivity index (χ1n) is 10.0. The smallest absolute Gasteiger partial charge is 0.223 e. The highest BCUT2D eigenvalue weighted by Gasteiger charge is 2.18. The predicted molar refractivity (Wildman–Crippen MR) is 114 cm³/mol. The van der Waals surface area contributed by atoms with Crippen LogP contribution in [0.5, 0.6) is 0 Å². The average molecular weight is 389 g/mol. The molecule has 0 saturated carbocycles. The fourth-order valence-electron chi connectivity index (χ4n) is 3.31. The molecule has 6 heteroatoms. The van der Waals surface area contributed by atoms with Gasteiger partial charge in [-0.3, -0.25) is 4.40 Å². The highest BCUT2D eigenvalue weighted by molar-refractivity contribution is 5.80. The number of aryl methyl sites for hydroxylation is 1. The molecule has 3 aromatic heterocycles. The Hall–Kier alpha value is -3.28. The molecule has 29 heavy (non-hydrogen) atoms. The number of pyridine rings is 1. The maximum atomic E-state index is 13.5. The third kappa shape index (κ3) is 3.97. The van der Waals surface area contributed by atoms with Crippen molar-refractivity contribution in [1.29, 1.82) is 0 Å². The molecule has 0 spiro atoms. The summed E-state index contributed by atoms with van der Waals surface area (Å²) in [4.78, 5) is 13.9. The van der Waals surface area contributed by atoms with Crippen molar-refractivity contribution >= 4 is 11.6 Å². The first-order chi connectivity index (χ1) is 14.2. The minimum atomic E-state index is -0.267. The van der Waals surface area contributed by atoms with E-state index in [1.165, 1.54) is 17.7 Å². The number of rotatable bonds is 7. The van der Waals surface area contributed by atoms with Crippen molar-refractivity contribution in [2.75, 3.05) is 11.9 Å². The zero-order valence-corrected chi connectivity index (χ0v) is 16.7. The molecule has 1 N–H and O–H groups in total. The van der Waals surface area contributed by atoms with E-state index in [1.807, 2.05) is 16.7 Å². The maximum Gasteiger partial charge on any atom is 0.223 e. The lowest BCUT2D eigenvalue weighted by atomic mass is 10.1. The monoisotopic (exact) mass is 389 g/mol. The molecule has 0 atom stereocenters. The molecular formula is C23H24FN5. The summed E-state index contributed by atoms with van der Waals surface area (Å²) in [5, 5.41) is 3.28. The summed E-state index contributed by atoms with van der Waals surface area (Å²) in [7, 11) is 0. The van der Waals surface area contributed by atoms with E-state index in [4.69, 9.17) is 9.97 Å². The second kappa shape index (κ2) is 8.39. The van der Waals surface area contributed by atoms with Crippen LogP contribution in [0.1, 0.15) is 32.3 Å².